The third-order valence-corrected chi connectivity index (χ3v) is 4.46. The minimum Gasteiger partial charge on any atom is -0.347 e. The Morgan fingerprint density at radius 1 is 1.29 bits per heavy atom. The van der Waals surface area contributed by atoms with Crippen LogP contribution in [0.15, 0.2) is 18.3 Å². The number of benzene rings is 1. The van der Waals surface area contributed by atoms with E-state index in [2.05, 4.69) is 17.2 Å². The molecule has 0 bridgehead atoms. The monoisotopic (exact) mass is 286 g/mol. The Balaban J connectivity index is 1.81. The van der Waals surface area contributed by atoms with Crippen molar-refractivity contribution in [2.45, 2.75) is 38.4 Å². The van der Waals surface area contributed by atoms with Crippen molar-refractivity contribution in [1.82, 2.24) is 9.78 Å². The zero-order valence-corrected chi connectivity index (χ0v) is 12.1. The third kappa shape index (κ3) is 2.08. The molecule has 0 unspecified atom stereocenters. The zero-order valence-electron chi connectivity index (χ0n) is 12.1. The van der Waals surface area contributed by atoms with Crippen molar-refractivity contribution in [3.05, 3.63) is 29.5 Å². The first-order valence-electron chi connectivity index (χ1n) is 7.45. The lowest BCUT2D eigenvalue weighted by Gasteiger charge is -2.25. The number of ether oxygens (including phenoxy) is 2. The van der Waals surface area contributed by atoms with Crippen molar-refractivity contribution in [2.24, 2.45) is 0 Å². The zero-order chi connectivity index (χ0) is 14.4. The molecule has 1 fully saturated rings. The van der Waals surface area contributed by atoms with Crippen molar-refractivity contribution in [3.8, 4) is 0 Å². The molecule has 2 aromatic rings. The lowest BCUT2D eigenvalue weighted by molar-refractivity contribution is -0.160. The molecule has 0 amide bonds. The fourth-order valence-electron chi connectivity index (χ4n) is 3.48. The van der Waals surface area contributed by atoms with E-state index in [4.69, 9.17) is 9.47 Å². The SMILES string of the molecule is CC(=O)n1ncc2cc3c(cc21)CCCC1(C3)OCCO1. The number of aryl methyl sites for hydroxylation is 1. The van der Waals surface area contributed by atoms with Gasteiger partial charge in [0.15, 0.2) is 5.79 Å². The van der Waals surface area contributed by atoms with E-state index in [1.807, 2.05) is 0 Å². The van der Waals surface area contributed by atoms with Gasteiger partial charge in [-0.25, -0.2) is 4.68 Å². The van der Waals surface area contributed by atoms with Crippen molar-refractivity contribution in [3.63, 3.8) is 0 Å². The summed E-state index contributed by atoms with van der Waals surface area (Å²) in [6.45, 7) is 2.90. The van der Waals surface area contributed by atoms with Crippen LogP contribution in [0.25, 0.3) is 10.9 Å². The molecule has 4 rings (SSSR count). The molecule has 0 atom stereocenters. The molecular weight excluding hydrogens is 268 g/mol. The molecule has 1 aromatic heterocycles. The molecule has 2 aliphatic rings. The predicted molar refractivity (Wildman–Crippen MR) is 77.3 cm³/mol. The largest absolute Gasteiger partial charge is 0.347 e. The van der Waals surface area contributed by atoms with Crippen LogP contribution in [0.3, 0.4) is 0 Å². The maximum atomic E-state index is 11.6. The highest BCUT2D eigenvalue weighted by molar-refractivity contribution is 5.90. The van der Waals surface area contributed by atoms with Crippen molar-refractivity contribution in [2.75, 3.05) is 13.2 Å². The molecule has 1 aliphatic heterocycles. The van der Waals surface area contributed by atoms with Gasteiger partial charge in [0.25, 0.3) is 0 Å². The molecule has 1 aromatic carbocycles. The van der Waals surface area contributed by atoms with Gasteiger partial charge in [-0.2, -0.15) is 5.10 Å². The highest BCUT2D eigenvalue weighted by atomic mass is 16.7. The lowest BCUT2D eigenvalue weighted by atomic mass is 9.99. The molecule has 0 saturated carbocycles. The standard InChI is InChI=1S/C16H18N2O3/c1-11(19)18-15-8-12-3-2-4-16(20-5-6-21-16)9-13(12)7-14(15)10-17-18/h7-8,10H,2-6,9H2,1H3. The van der Waals surface area contributed by atoms with Crippen LogP contribution in [-0.2, 0) is 22.3 Å². The quantitative estimate of drug-likeness (QED) is 0.746. The Morgan fingerprint density at radius 3 is 2.86 bits per heavy atom. The van der Waals surface area contributed by atoms with Crippen LogP contribution >= 0.6 is 0 Å². The van der Waals surface area contributed by atoms with E-state index in [0.717, 1.165) is 36.6 Å². The van der Waals surface area contributed by atoms with Gasteiger partial charge in [0.2, 0.25) is 5.91 Å². The van der Waals surface area contributed by atoms with Crippen LogP contribution in [0.2, 0.25) is 0 Å². The summed E-state index contributed by atoms with van der Waals surface area (Å²) in [5.74, 6) is -0.493. The van der Waals surface area contributed by atoms with Crippen molar-refractivity contribution < 1.29 is 14.3 Å². The van der Waals surface area contributed by atoms with Crippen LogP contribution in [0.5, 0.6) is 0 Å². The van der Waals surface area contributed by atoms with E-state index >= 15 is 0 Å². The number of carbonyl (C=O) groups excluding carboxylic acids is 1. The second-order valence-corrected chi connectivity index (χ2v) is 5.89. The summed E-state index contributed by atoms with van der Waals surface area (Å²) in [5, 5.41) is 5.18. The van der Waals surface area contributed by atoms with Gasteiger partial charge in [-0.1, -0.05) is 0 Å². The minimum atomic E-state index is -0.435. The van der Waals surface area contributed by atoms with E-state index in [0.29, 0.717) is 13.2 Å². The molecule has 2 heterocycles. The number of hydrogen-bond acceptors (Lipinski definition) is 4. The number of rotatable bonds is 0. The van der Waals surface area contributed by atoms with Gasteiger partial charge in [0, 0.05) is 25.2 Å². The lowest BCUT2D eigenvalue weighted by Crippen LogP contribution is -2.32. The molecule has 5 heteroatoms. The Morgan fingerprint density at radius 2 is 2.10 bits per heavy atom. The van der Waals surface area contributed by atoms with Gasteiger partial charge in [-0.15, -0.1) is 0 Å². The summed E-state index contributed by atoms with van der Waals surface area (Å²) in [4.78, 5) is 11.6. The van der Waals surface area contributed by atoms with E-state index < -0.39 is 5.79 Å². The smallest absolute Gasteiger partial charge is 0.244 e. The number of carbonyl (C=O) groups is 1. The predicted octanol–water partition coefficient (Wildman–Crippen LogP) is 2.32. The Labute approximate surface area is 122 Å². The van der Waals surface area contributed by atoms with Gasteiger partial charge in [-0.3, -0.25) is 4.79 Å². The second-order valence-electron chi connectivity index (χ2n) is 5.89. The van der Waals surface area contributed by atoms with Crippen molar-refractivity contribution in [1.29, 1.82) is 0 Å². The molecule has 5 nitrogen and oxygen atoms in total. The number of aromatic nitrogens is 2. The average molecular weight is 286 g/mol. The molecule has 21 heavy (non-hydrogen) atoms. The Hall–Kier alpha value is -1.72. The number of nitrogens with zero attached hydrogens (tertiary/aromatic N) is 2. The summed E-state index contributed by atoms with van der Waals surface area (Å²) in [7, 11) is 0. The number of fused-ring (bicyclic) bond motifs is 2. The summed E-state index contributed by atoms with van der Waals surface area (Å²) in [6, 6.07) is 4.24. The van der Waals surface area contributed by atoms with Gasteiger partial charge in [0.05, 0.1) is 24.9 Å². The molecule has 1 spiro atoms. The van der Waals surface area contributed by atoms with Crippen LogP contribution in [0, 0.1) is 0 Å². The molecule has 110 valence electrons. The summed E-state index contributed by atoms with van der Waals surface area (Å²) < 4.78 is 13.2. The molecule has 1 aliphatic carbocycles. The number of hydrogen-bond donors (Lipinski definition) is 0. The summed E-state index contributed by atoms with van der Waals surface area (Å²) in [6.07, 6.45) is 5.49. The molecule has 0 radical (unpaired) electrons. The average Bonchev–Trinajstić information content (AvgIpc) is 3.01. The highest BCUT2D eigenvalue weighted by Crippen LogP contribution is 2.35. The first-order chi connectivity index (χ1) is 10.2. The molecular formula is C16H18N2O3. The van der Waals surface area contributed by atoms with Crippen LogP contribution in [0.1, 0.15) is 35.7 Å². The van der Waals surface area contributed by atoms with E-state index in [9.17, 15) is 4.79 Å². The molecule has 1 saturated heterocycles. The van der Waals surface area contributed by atoms with Gasteiger partial charge >= 0.3 is 0 Å². The maximum absolute atomic E-state index is 11.6. The highest BCUT2D eigenvalue weighted by Gasteiger charge is 2.38. The third-order valence-electron chi connectivity index (χ3n) is 4.46. The second kappa shape index (κ2) is 4.64. The summed E-state index contributed by atoms with van der Waals surface area (Å²) >= 11 is 0. The van der Waals surface area contributed by atoms with Gasteiger partial charge < -0.3 is 9.47 Å². The molecule has 0 N–H and O–H groups in total. The maximum Gasteiger partial charge on any atom is 0.244 e. The normalized spacial score (nSPS) is 20.6. The minimum absolute atomic E-state index is 0.0579. The fourth-order valence-corrected chi connectivity index (χ4v) is 3.48. The van der Waals surface area contributed by atoms with Gasteiger partial charge in [0.1, 0.15) is 0 Å². The fraction of sp³-hybridized carbons (Fsp3) is 0.500. The van der Waals surface area contributed by atoms with E-state index in [1.54, 1.807) is 6.20 Å². The van der Waals surface area contributed by atoms with E-state index in [-0.39, 0.29) is 5.91 Å². The van der Waals surface area contributed by atoms with E-state index in [1.165, 1.54) is 22.7 Å². The van der Waals surface area contributed by atoms with Crippen molar-refractivity contribution >= 4 is 16.8 Å². The Kier molecular flexibility index (Phi) is 2.87. The first kappa shape index (κ1) is 13.0. The summed E-state index contributed by atoms with van der Waals surface area (Å²) in [5.41, 5.74) is 3.43. The van der Waals surface area contributed by atoms with Crippen LogP contribution < -0.4 is 0 Å². The topological polar surface area (TPSA) is 53.4 Å². The van der Waals surface area contributed by atoms with Crippen LogP contribution in [-0.4, -0.2) is 34.7 Å². The Bertz CT molecular complexity index is 714. The van der Waals surface area contributed by atoms with Crippen LogP contribution in [0.4, 0.5) is 0 Å². The first-order valence-corrected chi connectivity index (χ1v) is 7.45. The van der Waals surface area contributed by atoms with Gasteiger partial charge in [-0.05, 0) is 36.1 Å².